The Kier molecular flexibility index (Phi) is 9.56. The number of benzene rings is 2. The SMILES string of the molecule is CC(C)[C@@H]1CC[C@@H](C)C[C@H]1OP1Oc2c(cc(C(C)(C)C)cc2C(C)(C)C)Cc2cc(C(C)(C)C)cc(C(C)(C)C)c2O1. The van der Waals surface area contributed by atoms with Crippen molar-refractivity contribution in [1.82, 2.24) is 0 Å². The van der Waals surface area contributed by atoms with Crippen molar-refractivity contribution in [2.75, 3.05) is 0 Å². The van der Waals surface area contributed by atoms with Crippen molar-refractivity contribution in [3.63, 3.8) is 0 Å². The van der Waals surface area contributed by atoms with Gasteiger partial charge in [0.2, 0.25) is 0 Å². The summed E-state index contributed by atoms with van der Waals surface area (Å²) < 4.78 is 21.2. The van der Waals surface area contributed by atoms with Crippen molar-refractivity contribution < 1.29 is 13.6 Å². The predicted octanol–water partition coefficient (Wildman–Crippen LogP) is 11.9. The van der Waals surface area contributed by atoms with Gasteiger partial charge in [-0.05, 0) is 74.5 Å². The molecule has 1 heterocycles. The molecule has 0 amide bonds. The minimum atomic E-state index is -1.68. The Hall–Kier alpha value is -1.57. The van der Waals surface area contributed by atoms with Crippen LogP contribution in [0.1, 0.15) is 156 Å². The van der Waals surface area contributed by atoms with Gasteiger partial charge in [0.25, 0.3) is 0 Å². The minimum Gasteiger partial charge on any atom is -0.417 e. The predicted molar refractivity (Wildman–Crippen MR) is 185 cm³/mol. The molecule has 1 saturated carbocycles. The maximum absolute atomic E-state index is 7.08. The highest BCUT2D eigenvalue weighted by molar-refractivity contribution is 7.42. The molecule has 3 nitrogen and oxygen atoms in total. The Labute approximate surface area is 265 Å². The molecule has 3 atom stereocenters. The average molecular weight is 609 g/mol. The number of fused-ring (bicyclic) bond motifs is 2. The summed E-state index contributed by atoms with van der Waals surface area (Å²) in [6.45, 7) is 34.7. The molecule has 0 bridgehead atoms. The Morgan fingerprint density at radius 1 is 0.674 bits per heavy atom. The van der Waals surface area contributed by atoms with Gasteiger partial charge in [-0.1, -0.05) is 135 Å². The summed E-state index contributed by atoms with van der Waals surface area (Å²) in [5, 5.41) is 0. The van der Waals surface area contributed by atoms with Gasteiger partial charge in [0.05, 0.1) is 6.10 Å². The lowest BCUT2D eigenvalue weighted by Gasteiger charge is -2.39. The highest BCUT2D eigenvalue weighted by Gasteiger charge is 2.39. The highest BCUT2D eigenvalue weighted by Crippen LogP contribution is 2.55. The number of rotatable bonds is 3. The van der Waals surface area contributed by atoms with E-state index in [0.717, 1.165) is 24.3 Å². The van der Waals surface area contributed by atoms with Gasteiger partial charge >= 0.3 is 8.60 Å². The first-order valence-corrected chi connectivity index (χ1v) is 17.8. The fourth-order valence-corrected chi connectivity index (χ4v) is 7.91. The molecular weight excluding hydrogens is 547 g/mol. The van der Waals surface area contributed by atoms with Crippen LogP contribution in [0.2, 0.25) is 0 Å². The van der Waals surface area contributed by atoms with Crippen LogP contribution in [0.4, 0.5) is 0 Å². The lowest BCUT2D eigenvalue weighted by molar-refractivity contribution is 0.0392. The summed E-state index contributed by atoms with van der Waals surface area (Å²) in [5.74, 6) is 3.62. The smallest absolute Gasteiger partial charge is 0.417 e. The second-order valence-corrected chi connectivity index (χ2v) is 19.1. The van der Waals surface area contributed by atoms with Crippen molar-refractivity contribution in [1.29, 1.82) is 0 Å². The van der Waals surface area contributed by atoms with Gasteiger partial charge in [-0.2, -0.15) is 0 Å². The molecule has 1 fully saturated rings. The maximum atomic E-state index is 7.08. The van der Waals surface area contributed by atoms with Gasteiger partial charge in [0.15, 0.2) is 0 Å². The first kappa shape index (κ1) is 34.3. The number of hydrogen-bond donors (Lipinski definition) is 0. The van der Waals surface area contributed by atoms with E-state index in [1.165, 1.54) is 46.2 Å². The fraction of sp³-hybridized carbons (Fsp3) is 0.692. The monoisotopic (exact) mass is 608 g/mol. The molecule has 4 heteroatoms. The summed E-state index contributed by atoms with van der Waals surface area (Å²) >= 11 is 0. The van der Waals surface area contributed by atoms with Crippen LogP contribution in [-0.2, 0) is 32.6 Å². The molecular formula is C39H61O3P. The maximum Gasteiger partial charge on any atom is 0.463 e. The Balaban J connectivity index is 1.99. The molecule has 0 N–H and O–H groups in total. The van der Waals surface area contributed by atoms with Gasteiger partial charge in [-0.3, -0.25) is 4.52 Å². The molecule has 1 aliphatic heterocycles. The van der Waals surface area contributed by atoms with Crippen LogP contribution in [0.15, 0.2) is 24.3 Å². The second kappa shape index (κ2) is 12.0. The lowest BCUT2D eigenvalue weighted by atomic mass is 9.75. The highest BCUT2D eigenvalue weighted by atomic mass is 31.2. The Morgan fingerprint density at radius 2 is 1.12 bits per heavy atom. The van der Waals surface area contributed by atoms with E-state index in [9.17, 15) is 0 Å². The number of hydrogen-bond acceptors (Lipinski definition) is 3. The molecule has 2 aromatic rings. The van der Waals surface area contributed by atoms with Crippen molar-refractivity contribution in [3.05, 3.63) is 57.6 Å². The van der Waals surface area contributed by atoms with Crippen LogP contribution in [-0.4, -0.2) is 6.10 Å². The molecule has 2 aliphatic rings. The van der Waals surface area contributed by atoms with E-state index in [4.69, 9.17) is 13.6 Å². The van der Waals surface area contributed by atoms with Gasteiger partial charge in [-0.25, -0.2) is 0 Å². The summed E-state index contributed by atoms with van der Waals surface area (Å²) in [4.78, 5) is 0. The Morgan fingerprint density at radius 3 is 1.49 bits per heavy atom. The van der Waals surface area contributed by atoms with Crippen LogP contribution in [0.25, 0.3) is 0 Å². The third-order valence-corrected chi connectivity index (χ3v) is 10.7. The fourth-order valence-electron chi connectivity index (χ4n) is 6.60. The zero-order valence-corrected chi connectivity index (χ0v) is 31.0. The zero-order valence-electron chi connectivity index (χ0n) is 30.1. The van der Waals surface area contributed by atoms with Crippen LogP contribution < -0.4 is 9.05 Å². The van der Waals surface area contributed by atoms with Crippen molar-refractivity contribution >= 4 is 8.60 Å². The second-order valence-electron chi connectivity index (χ2n) is 18.1. The van der Waals surface area contributed by atoms with E-state index < -0.39 is 8.60 Å². The molecule has 0 aromatic heterocycles. The van der Waals surface area contributed by atoms with E-state index in [0.29, 0.717) is 17.8 Å². The summed E-state index contributed by atoms with van der Waals surface area (Å²) in [5.41, 5.74) is 7.47. The van der Waals surface area contributed by atoms with Crippen LogP contribution in [0, 0.1) is 17.8 Å². The third-order valence-electron chi connectivity index (χ3n) is 9.58. The van der Waals surface area contributed by atoms with E-state index in [1.54, 1.807) is 0 Å². The van der Waals surface area contributed by atoms with Crippen molar-refractivity contribution in [3.8, 4) is 11.5 Å². The quantitative estimate of drug-likeness (QED) is 0.324. The van der Waals surface area contributed by atoms with Crippen LogP contribution in [0.3, 0.4) is 0 Å². The molecule has 0 radical (unpaired) electrons. The first-order chi connectivity index (χ1) is 19.6. The molecule has 1 aliphatic carbocycles. The molecule has 0 spiro atoms. The van der Waals surface area contributed by atoms with E-state index in [2.05, 4.69) is 128 Å². The standard InChI is InChI=1S/C39H61O3P/c1-24(2)30-17-16-25(3)18-33(30)40-43-41-34-26(20-28(36(4,5)6)22-31(34)38(10,11)12)19-27-21-29(37(7,8)9)23-32(35(27)42-43)39(13,14)15/h20-25,30,33H,16-19H2,1-15H3/t25-,30+,33-/m1/s1. The van der Waals surface area contributed by atoms with Gasteiger partial charge in [-0.15, -0.1) is 0 Å². The lowest BCUT2D eigenvalue weighted by Crippen LogP contribution is -2.34. The van der Waals surface area contributed by atoms with E-state index in [1.807, 2.05) is 0 Å². The van der Waals surface area contributed by atoms with Crippen molar-refractivity contribution in [2.24, 2.45) is 17.8 Å². The minimum absolute atomic E-state index is 0.0184. The van der Waals surface area contributed by atoms with Crippen molar-refractivity contribution in [2.45, 2.75) is 157 Å². The van der Waals surface area contributed by atoms with E-state index >= 15 is 0 Å². The van der Waals surface area contributed by atoms with Crippen LogP contribution in [0.5, 0.6) is 11.5 Å². The molecule has 240 valence electrons. The Bertz CT molecular complexity index is 1210. The third kappa shape index (κ3) is 7.81. The summed E-state index contributed by atoms with van der Waals surface area (Å²) in [6.07, 6.45) is 4.41. The molecule has 0 unspecified atom stereocenters. The molecule has 4 rings (SSSR count). The molecule has 2 aromatic carbocycles. The largest absolute Gasteiger partial charge is 0.463 e. The summed E-state index contributed by atoms with van der Waals surface area (Å²) in [7, 11) is -1.68. The summed E-state index contributed by atoms with van der Waals surface area (Å²) in [6, 6.07) is 9.54. The topological polar surface area (TPSA) is 27.7 Å². The van der Waals surface area contributed by atoms with E-state index in [-0.39, 0.29) is 27.8 Å². The normalized spacial score (nSPS) is 22.3. The van der Waals surface area contributed by atoms with Gasteiger partial charge in [0.1, 0.15) is 11.5 Å². The zero-order chi connectivity index (χ0) is 32.3. The van der Waals surface area contributed by atoms with Gasteiger partial charge in [0, 0.05) is 17.5 Å². The molecule has 0 saturated heterocycles. The van der Waals surface area contributed by atoms with Crippen LogP contribution >= 0.6 is 8.60 Å². The molecule has 43 heavy (non-hydrogen) atoms. The first-order valence-electron chi connectivity index (χ1n) is 16.7. The average Bonchev–Trinajstić information content (AvgIpc) is 2.81. The van der Waals surface area contributed by atoms with Gasteiger partial charge < -0.3 is 9.05 Å².